The first-order valence-electron chi connectivity index (χ1n) is 2.71. The van der Waals surface area contributed by atoms with Crippen molar-refractivity contribution in [2.45, 2.75) is 12.5 Å². The zero-order valence-corrected chi connectivity index (χ0v) is 7.72. The average molecular weight is 183 g/mol. The summed E-state index contributed by atoms with van der Waals surface area (Å²) in [5, 5.41) is 11.3. The fourth-order valence-electron chi connectivity index (χ4n) is 0.425. The third kappa shape index (κ3) is 4.13. The molecule has 0 heterocycles. The molecule has 0 saturated heterocycles. The van der Waals surface area contributed by atoms with Crippen LogP contribution in [0.5, 0.6) is 0 Å². The highest BCUT2D eigenvalue weighted by atomic mass is 31.0. The molecule has 0 aromatic rings. The van der Waals surface area contributed by atoms with Crippen molar-refractivity contribution >= 4 is 24.8 Å². The molecule has 0 bridgehead atoms. The molecular formula is C4H11NO3P2. The van der Waals surface area contributed by atoms with Gasteiger partial charge in [-0.25, -0.2) is 0 Å². The lowest BCUT2D eigenvalue weighted by Gasteiger charge is -2.09. The number of rotatable bonds is 4. The topological polar surface area (TPSA) is 58.6 Å². The third-order valence-corrected chi connectivity index (χ3v) is 1.73. The lowest BCUT2D eigenvalue weighted by molar-refractivity contribution is -0.133. The average Bonchev–Trinajstić information content (AvgIpc) is 1.99. The molecule has 0 aromatic carbocycles. The lowest BCUT2D eigenvalue weighted by Crippen LogP contribution is -2.27. The molecule has 0 radical (unpaired) electrons. The highest BCUT2D eigenvalue weighted by molar-refractivity contribution is 7.13. The van der Waals surface area contributed by atoms with E-state index in [0.29, 0.717) is 0 Å². The molecule has 0 amide bonds. The van der Waals surface area contributed by atoms with E-state index in [-0.39, 0.29) is 25.0 Å². The van der Waals surface area contributed by atoms with Gasteiger partial charge in [0.25, 0.3) is 0 Å². The molecule has 0 aliphatic carbocycles. The molecule has 10 heavy (non-hydrogen) atoms. The van der Waals surface area contributed by atoms with Gasteiger partial charge in [-0.05, 0) is 0 Å². The molecule has 2 N–H and O–H groups in total. The minimum Gasteiger partial charge on any atom is -0.451 e. The number of hydrogen-bond donors (Lipinski definition) is 2. The molecule has 0 aromatic heterocycles. The van der Waals surface area contributed by atoms with Crippen molar-refractivity contribution < 1.29 is 14.4 Å². The first-order valence-corrected chi connectivity index (χ1v) is 3.76. The molecule has 6 heteroatoms. The van der Waals surface area contributed by atoms with Crippen LogP contribution in [0.15, 0.2) is 0 Å². The van der Waals surface area contributed by atoms with Crippen molar-refractivity contribution in [2.24, 2.45) is 0 Å². The monoisotopic (exact) mass is 183 g/mol. The Bertz CT molecular complexity index is 107. The summed E-state index contributed by atoms with van der Waals surface area (Å²) in [6.45, 7) is -0.0801. The SMILES string of the molecule is O=C(CC(CO)NP)OP. The van der Waals surface area contributed by atoms with Crippen molar-refractivity contribution in [2.75, 3.05) is 6.61 Å². The summed E-state index contributed by atoms with van der Waals surface area (Å²) in [6, 6.07) is -0.238. The van der Waals surface area contributed by atoms with Gasteiger partial charge in [-0.3, -0.25) is 9.88 Å². The number of carbonyl (C=O) groups is 1. The van der Waals surface area contributed by atoms with Gasteiger partial charge in [-0.15, -0.1) is 0 Å². The molecular weight excluding hydrogens is 172 g/mol. The second-order valence-corrected chi connectivity index (χ2v) is 2.31. The smallest absolute Gasteiger partial charge is 0.309 e. The number of aliphatic hydroxyl groups excluding tert-OH is 1. The maximum absolute atomic E-state index is 10.5. The third-order valence-electron chi connectivity index (χ3n) is 1.00. The van der Waals surface area contributed by atoms with Gasteiger partial charge >= 0.3 is 5.97 Å². The number of nitrogens with one attached hydrogen (secondary N) is 1. The molecule has 0 aliphatic heterocycles. The quantitative estimate of drug-likeness (QED) is 0.574. The Hall–Kier alpha value is 0.250. The Morgan fingerprint density at radius 1 is 1.80 bits per heavy atom. The van der Waals surface area contributed by atoms with E-state index in [9.17, 15) is 4.79 Å². The molecule has 4 nitrogen and oxygen atoms in total. The fourth-order valence-corrected chi connectivity index (χ4v) is 0.745. The van der Waals surface area contributed by atoms with Crippen LogP contribution in [0.1, 0.15) is 6.42 Å². The van der Waals surface area contributed by atoms with Crippen LogP contribution >= 0.6 is 18.9 Å². The number of aliphatic hydroxyl groups is 1. The van der Waals surface area contributed by atoms with Crippen molar-refractivity contribution in [3.8, 4) is 0 Å². The van der Waals surface area contributed by atoms with Gasteiger partial charge in [0.15, 0.2) is 0 Å². The van der Waals surface area contributed by atoms with E-state index in [0.717, 1.165) is 0 Å². The van der Waals surface area contributed by atoms with Crippen LogP contribution in [-0.2, 0) is 9.32 Å². The van der Waals surface area contributed by atoms with E-state index >= 15 is 0 Å². The van der Waals surface area contributed by atoms with Gasteiger partial charge in [0, 0.05) is 6.04 Å². The minimum atomic E-state index is -0.362. The van der Waals surface area contributed by atoms with Gasteiger partial charge < -0.3 is 9.63 Å². The second-order valence-electron chi connectivity index (χ2n) is 1.74. The van der Waals surface area contributed by atoms with Crippen molar-refractivity contribution in [3.05, 3.63) is 0 Å². The van der Waals surface area contributed by atoms with Crippen LogP contribution in [-0.4, -0.2) is 23.7 Å². The van der Waals surface area contributed by atoms with Crippen molar-refractivity contribution in [3.63, 3.8) is 0 Å². The Morgan fingerprint density at radius 2 is 2.40 bits per heavy atom. The van der Waals surface area contributed by atoms with E-state index in [2.05, 4.69) is 19.0 Å². The van der Waals surface area contributed by atoms with E-state index in [1.165, 1.54) is 0 Å². The van der Waals surface area contributed by atoms with Crippen LogP contribution in [0.4, 0.5) is 0 Å². The summed E-state index contributed by atoms with van der Waals surface area (Å²) in [5.74, 6) is -0.362. The van der Waals surface area contributed by atoms with Crippen LogP contribution in [0.2, 0.25) is 0 Å². The van der Waals surface area contributed by atoms with Crippen LogP contribution in [0.25, 0.3) is 0 Å². The van der Waals surface area contributed by atoms with Crippen LogP contribution in [0.3, 0.4) is 0 Å². The van der Waals surface area contributed by atoms with E-state index < -0.39 is 0 Å². The molecule has 3 atom stereocenters. The molecule has 0 rings (SSSR count). The number of hydrogen-bond acceptors (Lipinski definition) is 4. The maximum atomic E-state index is 10.5. The maximum Gasteiger partial charge on any atom is 0.309 e. The van der Waals surface area contributed by atoms with Crippen molar-refractivity contribution in [1.29, 1.82) is 0 Å². The molecule has 60 valence electrons. The summed E-state index contributed by atoms with van der Waals surface area (Å²) >= 11 is 0. The summed E-state index contributed by atoms with van der Waals surface area (Å²) in [4.78, 5) is 10.5. The minimum absolute atomic E-state index is 0.0801. The summed E-state index contributed by atoms with van der Waals surface area (Å²) < 4.78 is 4.30. The van der Waals surface area contributed by atoms with Crippen LogP contribution < -0.4 is 5.09 Å². The van der Waals surface area contributed by atoms with Crippen molar-refractivity contribution in [1.82, 2.24) is 5.09 Å². The largest absolute Gasteiger partial charge is 0.451 e. The van der Waals surface area contributed by atoms with Gasteiger partial charge in [-0.1, -0.05) is 9.39 Å². The van der Waals surface area contributed by atoms with Gasteiger partial charge in [0.1, 0.15) is 0 Å². The zero-order chi connectivity index (χ0) is 7.98. The molecule has 3 unspecified atom stereocenters. The van der Waals surface area contributed by atoms with Gasteiger partial charge in [-0.2, -0.15) is 0 Å². The fraction of sp³-hybridized carbons (Fsp3) is 0.750. The summed E-state index contributed by atoms with van der Waals surface area (Å²) in [7, 11) is 4.08. The van der Waals surface area contributed by atoms with E-state index in [1.54, 1.807) is 0 Å². The second kappa shape index (κ2) is 5.99. The normalized spacial score (nSPS) is 12.7. The first-order chi connectivity index (χ1) is 4.74. The zero-order valence-electron chi connectivity index (χ0n) is 5.41. The lowest BCUT2D eigenvalue weighted by atomic mass is 10.2. The highest BCUT2D eigenvalue weighted by Gasteiger charge is 2.09. The predicted octanol–water partition coefficient (Wildman–Crippen LogP) is -0.550. The van der Waals surface area contributed by atoms with Crippen LogP contribution in [0, 0.1) is 0 Å². The standard InChI is InChI=1S/C4H11NO3P2/c6-2-3(5-9)1-4(7)8-10/h3,5-6H,1-2,9-10H2. The molecule has 0 fully saturated rings. The predicted molar refractivity (Wildman–Crippen MR) is 44.1 cm³/mol. The van der Waals surface area contributed by atoms with Gasteiger partial charge in [0.2, 0.25) is 0 Å². The summed E-state index contributed by atoms with van der Waals surface area (Å²) in [6.07, 6.45) is 0.170. The summed E-state index contributed by atoms with van der Waals surface area (Å²) in [5.41, 5.74) is 0. The van der Waals surface area contributed by atoms with E-state index in [1.807, 2.05) is 9.47 Å². The highest BCUT2D eigenvalue weighted by Crippen LogP contribution is 1.98. The molecule has 0 saturated carbocycles. The Labute approximate surface area is 64.3 Å². The number of carbonyl (C=O) groups excluding carboxylic acids is 1. The van der Waals surface area contributed by atoms with E-state index in [4.69, 9.17) is 5.11 Å². The Balaban J connectivity index is 3.52. The van der Waals surface area contributed by atoms with Gasteiger partial charge in [0.05, 0.1) is 22.5 Å². The molecule has 0 aliphatic rings. The first kappa shape index (κ1) is 10.2. The Morgan fingerprint density at radius 3 is 2.70 bits per heavy atom. The Kier molecular flexibility index (Phi) is 6.14. The molecule has 0 spiro atoms.